The molecule has 0 spiro atoms. The quantitative estimate of drug-likeness (QED) is 0.788. The Balaban J connectivity index is 2.30. The highest BCUT2D eigenvalue weighted by molar-refractivity contribution is 7.85. The van der Waals surface area contributed by atoms with E-state index in [1.165, 1.54) is 18.2 Å². The summed E-state index contributed by atoms with van der Waals surface area (Å²) in [6.45, 7) is 0. The van der Waals surface area contributed by atoms with E-state index in [1.807, 2.05) is 0 Å². The number of benzene rings is 1. The van der Waals surface area contributed by atoms with Crippen LogP contribution in [0.5, 0.6) is 0 Å². The highest BCUT2D eigenvalue weighted by Crippen LogP contribution is 2.19. The average molecular weight is 258 g/mol. The first-order chi connectivity index (χ1) is 7.55. The number of nitrogens with zero attached hydrogens (tertiary/aromatic N) is 3. The second-order valence-electron chi connectivity index (χ2n) is 2.80. The first-order valence-corrected chi connectivity index (χ1v) is 6.27. The van der Waals surface area contributed by atoms with Gasteiger partial charge in [-0.1, -0.05) is 15.7 Å². The second kappa shape index (κ2) is 4.12. The maximum atomic E-state index is 10.9. The van der Waals surface area contributed by atoms with Gasteiger partial charge in [0.15, 0.2) is 0 Å². The lowest BCUT2D eigenvalue weighted by atomic mass is 10.3. The van der Waals surface area contributed by atoms with Gasteiger partial charge in [0, 0.05) is 17.2 Å². The topological polar surface area (TPSA) is 105 Å². The number of hydrogen-bond acceptors (Lipinski definition) is 7. The van der Waals surface area contributed by atoms with Gasteiger partial charge in [-0.2, -0.15) is 8.42 Å². The van der Waals surface area contributed by atoms with Crippen molar-refractivity contribution in [1.82, 2.24) is 14.8 Å². The molecule has 2 N–H and O–H groups in total. The smallest absolute Gasteiger partial charge is 0.294 e. The maximum Gasteiger partial charge on any atom is 0.294 e. The molecule has 16 heavy (non-hydrogen) atoms. The largest absolute Gasteiger partial charge is 0.329 e. The molecule has 0 saturated heterocycles. The van der Waals surface area contributed by atoms with E-state index in [1.54, 1.807) is 6.07 Å². The summed E-state index contributed by atoms with van der Waals surface area (Å²) in [5.74, 6) is 0. The van der Waals surface area contributed by atoms with Crippen molar-refractivity contribution in [2.24, 2.45) is 0 Å². The van der Waals surface area contributed by atoms with E-state index in [2.05, 4.69) is 20.1 Å². The molecule has 2 rings (SSSR count). The van der Waals surface area contributed by atoms with Gasteiger partial charge in [-0.05, 0) is 23.4 Å². The maximum absolute atomic E-state index is 10.9. The zero-order chi connectivity index (χ0) is 11.6. The monoisotopic (exact) mass is 258 g/mol. The van der Waals surface area contributed by atoms with Gasteiger partial charge in [0.25, 0.3) is 10.1 Å². The van der Waals surface area contributed by atoms with E-state index in [0.29, 0.717) is 10.8 Å². The lowest BCUT2D eigenvalue weighted by Gasteiger charge is -2.02. The van der Waals surface area contributed by atoms with E-state index in [-0.39, 0.29) is 4.90 Å². The first-order valence-electron chi connectivity index (χ1n) is 4.05. The lowest BCUT2D eigenvalue weighted by Crippen LogP contribution is -1.99. The third kappa shape index (κ3) is 2.51. The average Bonchev–Trinajstić information content (AvgIpc) is 2.70. The van der Waals surface area contributed by atoms with Gasteiger partial charge in [0.2, 0.25) is 5.13 Å². The molecule has 1 heterocycles. The predicted octanol–water partition coefficient (Wildman–Crippen LogP) is 0.923. The Kier molecular flexibility index (Phi) is 2.81. The third-order valence-electron chi connectivity index (χ3n) is 1.68. The van der Waals surface area contributed by atoms with Crippen LogP contribution < -0.4 is 5.32 Å². The van der Waals surface area contributed by atoms with Gasteiger partial charge >= 0.3 is 0 Å². The molecule has 0 unspecified atom stereocenters. The van der Waals surface area contributed by atoms with Crippen LogP contribution in [0.1, 0.15) is 0 Å². The molecule has 0 aliphatic rings. The molecular weight excluding hydrogens is 252 g/mol. The summed E-state index contributed by atoms with van der Waals surface area (Å²) in [7, 11) is -4.19. The van der Waals surface area contributed by atoms with Crippen molar-refractivity contribution in [3.63, 3.8) is 0 Å². The van der Waals surface area contributed by atoms with Crippen LogP contribution in [0.3, 0.4) is 0 Å². The molecule has 0 atom stereocenters. The molecule has 0 saturated carbocycles. The van der Waals surface area contributed by atoms with Crippen molar-refractivity contribution in [1.29, 1.82) is 0 Å². The molecule has 84 valence electrons. The van der Waals surface area contributed by atoms with Crippen LogP contribution in [0, 0.1) is 0 Å². The fraction of sp³-hybridized carbons (Fsp3) is 0. The Hall–Kier alpha value is -1.58. The van der Waals surface area contributed by atoms with Gasteiger partial charge in [-0.15, -0.1) is 0 Å². The second-order valence-corrected chi connectivity index (χ2v) is 4.95. The summed E-state index contributed by atoms with van der Waals surface area (Å²) in [5, 5.41) is 10.3. The van der Waals surface area contributed by atoms with Gasteiger partial charge in [-0.3, -0.25) is 4.55 Å². The van der Waals surface area contributed by atoms with E-state index >= 15 is 0 Å². The van der Waals surface area contributed by atoms with Gasteiger partial charge in [0.05, 0.1) is 4.90 Å². The van der Waals surface area contributed by atoms with Crippen LogP contribution in [-0.4, -0.2) is 27.8 Å². The number of rotatable bonds is 3. The Labute approximate surface area is 95.0 Å². The number of hydrogen-bond donors (Lipinski definition) is 2. The summed E-state index contributed by atoms with van der Waals surface area (Å²) in [6.07, 6.45) is 0. The van der Waals surface area contributed by atoms with Crippen molar-refractivity contribution < 1.29 is 13.0 Å². The molecule has 0 radical (unpaired) electrons. The standard InChI is InChI=1S/C7H6N4O3S2/c12-16(13,14)6-3-1-2-5(4-6)8-7-9-10-11-15-7/h1-4H,(H,8,9,11)(H,12,13,14). The van der Waals surface area contributed by atoms with Gasteiger partial charge in [0.1, 0.15) is 0 Å². The van der Waals surface area contributed by atoms with Crippen molar-refractivity contribution in [2.45, 2.75) is 4.90 Å². The molecule has 0 aliphatic carbocycles. The normalized spacial score (nSPS) is 11.3. The van der Waals surface area contributed by atoms with Gasteiger partial charge in [-0.25, -0.2) is 0 Å². The Morgan fingerprint density at radius 3 is 2.81 bits per heavy atom. The first kappa shape index (κ1) is 10.9. The van der Waals surface area contributed by atoms with E-state index < -0.39 is 10.1 Å². The molecule has 0 aliphatic heterocycles. The van der Waals surface area contributed by atoms with E-state index in [9.17, 15) is 8.42 Å². The predicted molar refractivity (Wildman–Crippen MR) is 57.2 cm³/mol. The van der Waals surface area contributed by atoms with E-state index in [4.69, 9.17) is 4.55 Å². The number of aromatic nitrogens is 3. The fourth-order valence-corrected chi connectivity index (χ4v) is 1.95. The summed E-state index contributed by atoms with van der Waals surface area (Å²) in [4.78, 5) is -0.185. The van der Waals surface area contributed by atoms with Crippen molar-refractivity contribution >= 4 is 32.5 Å². The fourth-order valence-electron chi connectivity index (χ4n) is 1.04. The summed E-state index contributed by atoms with van der Waals surface area (Å²) >= 11 is 1.04. The highest BCUT2D eigenvalue weighted by Gasteiger charge is 2.09. The van der Waals surface area contributed by atoms with Crippen molar-refractivity contribution in [3.05, 3.63) is 24.3 Å². The SMILES string of the molecule is O=S(=O)(O)c1cccc(Nc2nnns2)c1. The Morgan fingerprint density at radius 2 is 2.19 bits per heavy atom. The van der Waals surface area contributed by atoms with Crippen LogP contribution in [0.25, 0.3) is 0 Å². The summed E-state index contributed by atoms with van der Waals surface area (Å²) in [6, 6.07) is 5.71. The molecule has 9 heteroatoms. The van der Waals surface area contributed by atoms with Crippen LogP contribution in [-0.2, 0) is 10.1 Å². The molecular formula is C7H6N4O3S2. The van der Waals surface area contributed by atoms with Crippen molar-refractivity contribution in [3.8, 4) is 0 Å². The van der Waals surface area contributed by atoms with Crippen LogP contribution >= 0.6 is 11.5 Å². The van der Waals surface area contributed by atoms with Crippen LogP contribution in [0.15, 0.2) is 29.2 Å². The Morgan fingerprint density at radius 1 is 1.38 bits per heavy atom. The number of anilines is 2. The molecule has 7 nitrogen and oxygen atoms in total. The van der Waals surface area contributed by atoms with Crippen LogP contribution in [0.2, 0.25) is 0 Å². The van der Waals surface area contributed by atoms with Crippen LogP contribution in [0.4, 0.5) is 10.8 Å². The minimum absolute atomic E-state index is 0.185. The number of nitrogens with one attached hydrogen (secondary N) is 1. The summed E-state index contributed by atoms with van der Waals surface area (Å²) in [5.41, 5.74) is 0.480. The molecule has 0 amide bonds. The third-order valence-corrected chi connectivity index (χ3v) is 3.04. The lowest BCUT2D eigenvalue weighted by molar-refractivity contribution is 0.483. The highest BCUT2D eigenvalue weighted by atomic mass is 32.2. The molecule has 1 aromatic heterocycles. The van der Waals surface area contributed by atoms with Gasteiger partial charge < -0.3 is 5.32 Å². The molecule has 0 bridgehead atoms. The molecule has 1 aromatic carbocycles. The molecule has 0 fully saturated rings. The minimum Gasteiger partial charge on any atom is -0.329 e. The molecule has 2 aromatic rings. The minimum atomic E-state index is -4.19. The zero-order valence-corrected chi connectivity index (χ0v) is 9.36. The Bertz CT molecular complexity index is 581. The van der Waals surface area contributed by atoms with Crippen molar-refractivity contribution in [2.75, 3.05) is 5.32 Å². The summed E-state index contributed by atoms with van der Waals surface area (Å²) < 4.78 is 34.1. The zero-order valence-electron chi connectivity index (χ0n) is 7.73. The van der Waals surface area contributed by atoms with E-state index in [0.717, 1.165) is 11.5 Å².